The Bertz CT molecular complexity index is 525. The molecule has 1 aliphatic carbocycles. The van der Waals surface area contributed by atoms with E-state index in [0.29, 0.717) is 5.56 Å². The molecule has 1 aliphatic rings. The molecule has 0 saturated heterocycles. The van der Waals surface area contributed by atoms with Crippen LogP contribution in [0.3, 0.4) is 0 Å². The fraction of sp³-hybridized carbons (Fsp3) is 0.400. The largest absolute Gasteiger partial charge is 0.384 e. The van der Waals surface area contributed by atoms with Crippen LogP contribution >= 0.6 is 0 Å². The number of halogens is 1. The van der Waals surface area contributed by atoms with Gasteiger partial charge in [-0.3, -0.25) is 4.79 Å². The number of aliphatic hydroxyl groups is 1. The lowest BCUT2D eigenvalue weighted by Gasteiger charge is -2.12. The van der Waals surface area contributed by atoms with E-state index in [-0.39, 0.29) is 24.1 Å². The Kier molecular flexibility index (Phi) is 4.53. The topological polar surface area (TPSA) is 49.3 Å². The Labute approximate surface area is 111 Å². The van der Waals surface area contributed by atoms with Gasteiger partial charge >= 0.3 is 0 Å². The minimum atomic E-state index is -0.583. The molecule has 0 aliphatic heterocycles. The van der Waals surface area contributed by atoms with Crippen molar-refractivity contribution in [1.29, 1.82) is 0 Å². The molecule has 1 saturated carbocycles. The predicted octanol–water partition coefficient (Wildman–Crippen LogP) is 1.84. The zero-order chi connectivity index (χ0) is 13.7. The average Bonchev–Trinajstić information content (AvgIpc) is 2.89. The fourth-order valence-electron chi connectivity index (χ4n) is 2.25. The number of carbonyl (C=O) groups is 1. The van der Waals surface area contributed by atoms with Crippen molar-refractivity contribution in [3.63, 3.8) is 0 Å². The molecule has 1 fully saturated rings. The molecule has 0 aromatic heterocycles. The van der Waals surface area contributed by atoms with Crippen LogP contribution in [0, 0.1) is 17.7 Å². The second kappa shape index (κ2) is 6.35. The number of aliphatic hydroxyl groups excluding tert-OH is 1. The molecule has 4 heteroatoms. The van der Waals surface area contributed by atoms with Crippen molar-refractivity contribution in [3.8, 4) is 11.8 Å². The van der Waals surface area contributed by atoms with Crippen LogP contribution in [0.15, 0.2) is 18.2 Å². The Morgan fingerprint density at radius 3 is 2.79 bits per heavy atom. The van der Waals surface area contributed by atoms with Gasteiger partial charge in [0.2, 0.25) is 0 Å². The monoisotopic (exact) mass is 261 g/mol. The summed E-state index contributed by atoms with van der Waals surface area (Å²) >= 11 is 0. The highest BCUT2D eigenvalue weighted by Crippen LogP contribution is 2.18. The van der Waals surface area contributed by atoms with Crippen LogP contribution in [0.4, 0.5) is 4.39 Å². The fourth-order valence-corrected chi connectivity index (χ4v) is 2.25. The van der Waals surface area contributed by atoms with Crippen LogP contribution in [0.2, 0.25) is 0 Å². The summed E-state index contributed by atoms with van der Waals surface area (Å²) in [6, 6.07) is 4.39. The third-order valence-corrected chi connectivity index (χ3v) is 3.22. The molecule has 1 aromatic rings. The summed E-state index contributed by atoms with van der Waals surface area (Å²) in [5.74, 6) is 4.09. The third-order valence-electron chi connectivity index (χ3n) is 3.22. The maximum Gasteiger partial charge on any atom is 0.254 e. The van der Waals surface area contributed by atoms with Crippen LogP contribution in [0.1, 0.15) is 41.6 Å². The second-order valence-electron chi connectivity index (χ2n) is 4.61. The van der Waals surface area contributed by atoms with Gasteiger partial charge in [0.15, 0.2) is 0 Å². The van der Waals surface area contributed by atoms with E-state index in [1.807, 2.05) is 0 Å². The molecule has 0 unspecified atom stereocenters. The summed E-state index contributed by atoms with van der Waals surface area (Å²) < 4.78 is 13.8. The second-order valence-corrected chi connectivity index (χ2v) is 4.61. The first kappa shape index (κ1) is 13.6. The van der Waals surface area contributed by atoms with E-state index < -0.39 is 5.82 Å². The molecule has 1 aromatic carbocycles. The normalized spacial score (nSPS) is 14.8. The summed E-state index contributed by atoms with van der Waals surface area (Å²) in [5.41, 5.74) is 0.491. The van der Waals surface area contributed by atoms with Gasteiger partial charge in [-0.25, -0.2) is 4.39 Å². The molecule has 19 heavy (non-hydrogen) atoms. The zero-order valence-electron chi connectivity index (χ0n) is 10.6. The van der Waals surface area contributed by atoms with E-state index in [0.717, 1.165) is 25.7 Å². The molecule has 0 spiro atoms. The van der Waals surface area contributed by atoms with Gasteiger partial charge in [-0.1, -0.05) is 24.7 Å². The number of nitrogens with one attached hydrogen (secondary N) is 1. The minimum Gasteiger partial charge on any atom is -0.384 e. The number of hydrogen-bond acceptors (Lipinski definition) is 2. The molecule has 0 bridgehead atoms. The number of hydrogen-bond donors (Lipinski definition) is 2. The lowest BCUT2D eigenvalue weighted by molar-refractivity contribution is 0.0934. The van der Waals surface area contributed by atoms with Crippen LogP contribution in [-0.4, -0.2) is 23.7 Å². The standard InChI is InChI=1S/C15H16FNO2/c16-14-10-11(4-3-9-18)7-8-13(14)15(19)17-12-5-1-2-6-12/h7-8,10,12,18H,1-2,5-6,9H2,(H,17,19). The quantitative estimate of drug-likeness (QED) is 0.798. The van der Waals surface area contributed by atoms with Crippen molar-refractivity contribution in [1.82, 2.24) is 5.32 Å². The predicted molar refractivity (Wildman–Crippen MR) is 70.1 cm³/mol. The number of amides is 1. The zero-order valence-corrected chi connectivity index (χ0v) is 10.6. The Balaban J connectivity index is 2.09. The Hall–Kier alpha value is -1.86. The average molecular weight is 261 g/mol. The van der Waals surface area contributed by atoms with Gasteiger partial charge in [-0.2, -0.15) is 0 Å². The Morgan fingerprint density at radius 1 is 1.42 bits per heavy atom. The van der Waals surface area contributed by atoms with Crippen LogP contribution in [-0.2, 0) is 0 Å². The first-order valence-electron chi connectivity index (χ1n) is 6.41. The summed E-state index contributed by atoms with van der Waals surface area (Å²) in [5, 5.41) is 11.4. The van der Waals surface area contributed by atoms with E-state index in [4.69, 9.17) is 5.11 Å². The maximum atomic E-state index is 13.8. The van der Waals surface area contributed by atoms with Crippen molar-refractivity contribution in [2.24, 2.45) is 0 Å². The third kappa shape index (κ3) is 3.55. The van der Waals surface area contributed by atoms with Crippen molar-refractivity contribution in [2.75, 3.05) is 6.61 Å². The van der Waals surface area contributed by atoms with Gasteiger partial charge in [0.25, 0.3) is 5.91 Å². The van der Waals surface area contributed by atoms with Crippen LogP contribution < -0.4 is 5.32 Å². The SMILES string of the molecule is O=C(NC1CCCC1)c1ccc(C#CCO)cc1F. The highest BCUT2D eigenvalue weighted by molar-refractivity contribution is 5.94. The van der Waals surface area contributed by atoms with Gasteiger partial charge in [0.1, 0.15) is 12.4 Å². The molecular formula is C15H16FNO2. The maximum absolute atomic E-state index is 13.8. The number of carbonyl (C=O) groups excluding carboxylic acids is 1. The summed E-state index contributed by atoms with van der Waals surface area (Å²) in [7, 11) is 0. The highest BCUT2D eigenvalue weighted by atomic mass is 19.1. The molecule has 3 nitrogen and oxygen atoms in total. The van der Waals surface area contributed by atoms with Gasteiger partial charge in [0, 0.05) is 11.6 Å². The van der Waals surface area contributed by atoms with E-state index in [9.17, 15) is 9.18 Å². The van der Waals surface area contributed by atoms with Gasteiger partial charge in [0.05, 0.1) is 5.56 Å². The van der Waals surface area contributed by atoms with E-state index in [2.05, 4.69) is 17.2 Å². The van der Waals surface area contributed by atoms with Crippen LogP contribution in [0.25, 0.3) is 0 Å². The lowest BCUT2D eigenvalue weighted by atomic mass is 10.1. The smallest absolute Gasteiger partial charge is 0.254 e. The molecule has 100 valence electrons. The molecule has 2 N–H and O–H groups in total. The Morgan fingerprint density at radius 2 is 2.16 bits per heavy atom. The first-order valence-corrected chi connectivity index (χ1v) is 6.41. The summed E-state index contributed by atoms with van der Waals surface area (Å²) in [6.07, 6.45) is 4.16. The van der Waals surface area contributed by atoms with E-state index in [1.54, 1.807) is 6.07 Å². The summed E-state index contributed by atoms with van der Waals surface area (Å²) in [4.78, 5) is 11.9. The lowest BCUT2D eigenvalue weighted by Crippen LogP contribution is -2.33. The van der Waals surface area contributed by atoms with E-state index in [1.165, 1.54) is 12.1 Å². The molecular weight excluding hydrogens is 245 g/mol. The van der Waals surface area contributed by atoms with Crippen molar-refractivity contribution in [3.05, 3.63) is 35.1 Å². The van der Waals surface area contributed by atoms with Crippen molar-refractivity contribution in [2.45, 2.75) is 31.7 Å². The molecule has 0 heterocycles. The molecule has 2 rings (SSSR count). The first-order chi connectivity index (χ1) is 9.20. The number of benzene rings is 1. The number of rotatable bonds is 2. The molecule has 1 amide bonds. The van der Waals surface area contributed by atoms with Gasteiger partial charge in [-0.05, 0) is 31.0 Å². The van der Waals surface area contributed by atoms with E-state index >= 15 is 0 Å². The van der Waals surface area contributed by atoms with Gasteiger partial charge < -0.3 is 10.4 Å². The highest BCUT2D eigenvalue weighted by Gasteiger charge is 2.19. The minimum absolute atomic E-state index is 0.0430. The summed E-state index contributed by atoms with van der Waals surface area (Å²) in [6.45, 7) is -0.272. The molecule has 0 atom stereocenters. The van der Waals surface area contributed by atoms with Crippen LogP contribution in [0.5, 0.6) is 0 Å². The molecule has 0 radical (unpaired) electrons. The van der Waals surface area contributed by atoms with Gasteiger partial charge in [-0.15, -0.1) is 0 Å². The van der Waals surface area contributed by atoms with Crippen molar-refractivity contribution >= 4 is 5.91 Å². The van der Waals surface area contributed by atoms with Crippen molar-refractivity contribution < 1.29 is 14.3 Å².